The first-order valence-electron chi connectivity index (χ1n) is 7.72. The lowest BCUT2D eigenvalue weighted by Crippen LogP contribution is -2.48. The summed E-state index contributed by atoms with van der Waals surface area (Å²) in [5.74, 6) is 0.393. The number of nitrogens with one attached hydrogen (secondary N) is 1. The van der Waals surface area contributed by atoms with Crippen molar-refractivity contribution >= 4 is 0 Å². The van der Waals surface area contributed by atoms with E-state index in [1.165, 1.54) is 11.1 Å². The zero-order chi connectivity index (χ0) is 14.8. The summed E-state index contributed by atoms with van der Waals surface area (Å²) in [5.41, 5.74) is 2.49. The van der Waals surface area contributed by atoms with Crippen molar-refractivity contribution in [2.24, 2.45) is 11.8 Å². The molecule has 0 spiro atoms. The third-order valence-corrected chi connectivity index (χ3v) is 4.81. The fourth-order valence-corrected chi connectivity index (χ4v) is 3.49. The first-order valence-corrected chi connectivity index (χ1v) is 7.72. The standard InChI is InChI=1S/C19H23NO/c1-13-17(15-9-5-3-6-10-15)20-18(14(2)19(13)21)16-11-7-4-8-12-16/h3-14,17-21H,1-2H3/t13-,14-,17-,18+,19?/m0/s1. The Labute approximate surface area is 126 Å². The van der Waals surface area contributed by atoms with Gasteiger partial charge in [-0.3, -0.25) is 0 Å². The summed E-state index contributed by atoms with van der Waals surface area (Å²) < 4.78 is 0. The third-order valence-electron chi connectivity index (χ3n) is 4.81. The highest BCUT2D eigenvalue weighted by molar-refractivity contribution is 5.26. The largest absolute Gasteiger partial charge is 0.392 e. The number of aliphatic hydroxyl groups is 1. The number of hydrogen-bond acceptors (Lipinski definition) is 2. The molecule has 2 N–H and O–H groups in total. The zero-order valence-corrected chi connectivity index (χ0v) is 12.6. The second-order valence-electron chi connectivity index (χ2n) is 6.15. The minimum Gasteiger partial charge on any atom is -0.392 e. The molecule has 1 saturated heterocycles. The van der Waals surface area contributed by atoms with Gasteiger partial charge < -0.3 is 10.4 Å². The van der Waals surface area contributed by atoms with Crippen molar-refractivity contribution in [1.82, 2.24) is 5.32 Å². The predicted molar refractivity (Wildman–Crippen MR) is 85.8 cm³/mol. The van der Waals surface area contributed by atoms with Gasteiger partial charge in [0.2, 0.25) is 0 Å². The number of rotatable bonds is 2. The molecule has 0 radical (unpaired) electrons. The Morgan fingerprint density at radius 1 is 0.714 bits per heavy atom. The minimum atomic E-state index is -0.304. The summed E-state index contributed by atoms with van der Waals surface area (Å²) in [7, 11) is 0. The van der Waals surface area contributed by atoms with Crippen LogP contribution in [0.25, 0.3) is 0 Å². The smallest absolute Gasteiger partial charge is 0.0627 e. The molecular weight excluding hydrogens is 258 g/mol. The maximum Gasteiger partial charge on any atom is 0.0627 e. The van der Waals surface area contributed by atoms with Crippen molar-refractivity contribution < 1.29 is 5.11 Å². The SMILES string of the molecule is C[C@@H]1C(O)[C@@H](C)[C@H](c2ccccc2)N[C@@H]1c1ccccc1. The monoisotopic (exact) mass is 281 g/mol. The van der Waals surface area contributed by atoms with Crippen LogP contribution < -0.4 is 5.32 Å². The molecule has 2 nitrogen and oxygen atoms in total. The van der Waals surface area contributed by atoms with Crippen LogP contribution in [0.1, 0.15) is 37.1 Å². The van der Waals surface area contributed by atoms with Crippen molar-refractivity contribution in [2.45, 2.75) is 32.0 Å². The molecule has 21 heavy (non-hydrogen) atoms. The van der Waals surface area contributed by atoms with E-state index in [4.69, 9.17) is 0 Å². The van der Waals surface area contributed by atoms with Gasteiger partial charge in [-0.05, 0) is 11.1 Å². The van der Waals surface area contributed by atoms with Crippen LogP contribution >= 0.6 is 0 Å². The molecule has 0 amide bonds. The maximum absolute atomic E-state index is 10.7. The van der Waals surface area contributed by atoms with E-state index in [-0.39, 0.29) is 30.0 Å². The van der Waals surface area contributed by atoms with Crippen molar-refractivity contribution in [1.29, 1.82) is 0 Å². The van der Waals surface area contributed by atoms with Gasteiger partial charge in [0.1, 0.15) is 0 Å². The summed E-state index contributed by atoms with van der Waals surface area (Å²) in [4.78, 5) is 0. The molecular formula is C19H23NO. The Kier molecular flexibility index (Phi) is 4.09. The second kappa shape index (κ2) is 6.00. The molecule has 0 aromatic heterocycles. The van der Waals surface area contributed by atoms with Crippen molar-refractivity contribution in [3.8, 4) is 0 Å². The predicted octanol–water partition coefficient (Wildman–Crippen LogP) is 3.71. The summed E-state index contributed by atoms with van der Waals surface area (Å²) >= 11 is 0. The lowest BCUT2D eigenvalue weighted by Gasteiger charge is -2.44. The molecule has 2 aromatic rings. The highest BCUT2D eigenvalue weighted by Crippen LogP contribution is 2.40. The third kappa shape index (κ3) is 2.74. The van der Waals surface area contributed by atoms with E-state index in [9.17, 15) is 5.11 Å². The van der Waals surface area contributed by atoms with E-state index in [0.29, 0.717) is 0 Å². The van der Waals surface area contributed by atoms with E-state index < -0.39 is 0 Å². The first-order chi connectivity index (χ1) is 10.2. The van der Waals surface area contributed by atoms with Crippen molar-refractivity contribution in [3.05, 3.63) is 71.8 Å². The molecule has 1 aliphatic rings. The molecule has 1 unspecified atom stereocenters. The van der Waals surface area contributed by atoms with Crippen LogP contribution in [0.2, 0.25) is 0 Å². The van der Waals surface area contributed by atoms with Gasteiger partial charge in [0.25, 0.3) is 0 Å². The summed E-state index contributed by atoms with van der Waals surface area (Å²) in [6.45, 7) is 4.26. The second-order valence-corrected chi connectivity index (χ2v) is 6.15. The summed E-state index contributed by atoms with van der Waals surface area (Å²) in [6.07, 6.45) is -0.304. The van der Waals surface area contributed by atoms with Crippen LogP contribution in [0.4, 0.5) is 0 Å². The molecule has 0 aliphatic carbocycles. The molecule has 0 saturated carbocycles. The first kappa shape index (κ1) is 14.3. The Morgan fingerprint density at radius 3 is 1.48 bits per heavy atom. The highest BCUT2D eigenvalue weighted by Gasteiger charge is 2.40. The fourth-order valence-electron chi connectivity index (χ4n) is 3.49. The lowest BCUT2D eigenvalue weighted by atomic mass is 9.75. The van der Waals surface area contributed by atoms with Gasteiger partial charge in [-0.2, -0.15) is 0 Å². The average molecular weight is 281 g/mol. The topological polar surface area (TPSA) is 32.3 Å². The van der Waals surface area contributed by atoms with Gasteiger partial charge in [-0.25, -0.2) is 0 Å². The number of hydrogen-bond donors (Lipinski definition) is 2. The van der Waals surface area contributed by atoms with Crippen LogP contribution in [0.15, 0.2) is 60.7 Å². The normalized spacial score (nSPS) is 32.8. The van der Waals surface area contributed by atoms with Gasteiger partial charge in [-0.15, -0.1) is 0 Å². The van der Waals surface area contributed by atoms with Crippen molar-refractivity contribution in [2.75, 3.05) is 0 Å². The Balaban J connectivity index is 1.93. The molecule has 0 bridgehead atoms. The average Bonchev–Trinajstić information content (AvgIpc) is 2.55. The molecule has 5 atom stereocenters. The van der Waals surface area contributed by atoms with Gasteiger partial charge >= 0.3 is 0 Å². The van der Waals surface area contributed by atoms with Crippen LogP contribution in [-0.4, -0.2) is 11.2 Å². The van der Waals surface area contributed by atoms with Gasteiger partial charge in [0.05, 0.1) is 6.10 Å². The van der Waals surface area contributed by atoms with Crippen LogP contribution in [-0.2, 0) is 0 Å². The van der Waals surface area contributed by atoms with E-state index in [2.05, 4.69) is 67.7 Å². The molecule has 3 rings (SSSR count). The molecule has 2 heteroatoms. The Hall–Kier alpha value is -1.64. The number of benzene rings is 2. The van der Waals surface area contributed by atoms with Crippen molar-refractivity contribution in [3.63, 3.8) is 0 Å². The minimum absolute atomic E-state index is 0.183. The van der Waals surface area contributed by atoms with Gasteiger partial charge in [0, 0.05) is 23.9 Å². The summed E-state index contributed by atoms with van der Waals surface area (Å²) in [5, 5.41) is 14.4. The summed E-state index contributed by atoms with van der Waals surface area (Å²) in [6, 6.07) is 21.2. The quantitative estimate of drug-likeness (QED) is 0.879. The Bertz CT molecular complexity index is 517. The number of aliphatic hydroxyl groups excluding tert-OH is 1. The van der Waals surface area contributed by atoms with Crippen LogP contribution in [0, 0.1) is 11.8 Å². The van der Waals surface area contributed by atoms with Crippen LogP contribution in [0.3, 0.4) is 0 Å². The molecule has 1 aliphatic heterocycles. The van der Waals surface area contributed by atoms with E-state index >= 15 is 0 Å². The maximum atomic E-state index is 10.7. The van der Waals surface area contributed by atoms with E-state index in [0.717, 1.165) is 0 Å². The Morgan fingerprint density at radius 2 is 1.10 bits per heavy atom. The van der Waals surface area contributed by atoms with Gasteiger partial charge in [-0.1, -0.05) is 74.5 Å². The molecule has 1 fully saturated rings. The fraction of sp³-hybridized carbons (Fsp3) is 0.368. The number of piperidine rings is 1. The zero-order valence-electron chi connectivity index (χ0n) is 12.6. The molecule has 110 valence electrons. The lowest BCUT2D eigenvalue weighted by molar-refractivity contribution is -0.00676. The highest BCUT2D eigenvalue weighted by atomic mass is 16.3. The molecule has 2 aromatic carbocycles. The van der Waals surface area contributed by atoms with E-state index in [1.807, 2.05) is 12.1 Å². The van der Waals surface area contributed by atoms with Crippen LogP contribution in [0.5, 0.6) is 0 Å². The molecule has 1 heterocycles. The van der Waals surface area contributed by atoms with Gasteiger partial charge in [0.15, 0.2) is 0 Å². The van der Waals surface area contributed by atoms with E-state index in [1.54, 1.807) is 0 Å².